The third-order valence-corrected chi connectivity index (χ3v) is 13.5. The molecule has 0 aliphatic rings. The number of unbranched alkanes of at least 4 members (excludes halogenated alkanes) is 25. The average Bonchev–Trinajstić information content (AvgIpc) is 3.33. The number of nitrogens with zero attached hydrogens (tertiary/aromatic N) is 1. The summed E-state index contributed by atoms with van der Waals surface area (Å²) in [6.07, 6.45) is 74.9. The number of carbonyl (C=O) groups excluding carboxylic acids is 1. The van der Waals surface area contributed by atoms with Crippen LogP contribution in [0.4, 0.5) is 0 Å². The van der Waals surface area contributed by atoms with Gasteiger partial charge < -0.3 is 28.8 Å². The highest BCUT2D eigenvalue weighted by Gasteiger charge is 2.23. The van der Waals surface area contributed by atoms with Crippen molar-refractivity contribution in [3.8, 4) is 0 Å². The van der Waals surface area contributed by atoms with Crippen molar-refractivity contribution < 1.29 is 32.9 Å². The fraction of sp³-hybridized carbons (Fsp3) is 0.726. The Morgan fingerprint density at radius 1 is 0.507 bits per heavy atom. The summed E-state index contributed by atoms with van der Waals surface area (Å²) in [5.74, 6) is -0.201. The standard InChI is InChI=1S/C62H111N2O6P/c1-6-8-10-12-14-16-18-20-21-22-23-24-25-26-27-28-29-30-31-32-33-34-35-36-37-38-39-40-41-42-43-44-46-48-50-52-54-56-62(66)63-60(59-70-71(67,68)69-58-57-64(3,4)5)61(65)55-53-51-49-47-45-19-17-15-13-11-9-7-2/h8,10,14,16,20-21,23-24,26-27,29-30,32-33,53,55,60-61,65H,6-7,9,11-13,15,17-19,22,25,28,31,34-52,54,56-59H2,1-5H3,(H-,63,66,67,68)/b10-8-,16-14-,21-20-,24-23-,27-26-,30-29-,33-32-,55-53+. The predicted molar refractivity (Wildman–Crippen MR) is 306 cm³/mol. The molecule has 3 atom stereocenters. The van der Waals surface area contributed by atoms with Gasteiger partial charge in [0.2, 0.25) is 5.91 Å². The zero-order chi connectivity index (χ0) is 52.0. The summed E-state index contributed by atoms with van der Waals surface area (Å²) in [6.45, 7) is 4.52. The first-order valence-electron chi connectivity index (χ1n) is 29.1. The highest BCUT2D eigenvalue weighted by molar-refractivity contribution is 7.45. The number of likely N-dealkylation sites (N-methyl/N-ethyl adjacent to an activating group) is 1. The van der Waals surface area contributed by atoms with Crippen LogP contribution in [-0.4, -0.2) is 68.5 Å². The number of phosphoric acid groups is 1. The molecule has 0 rings (SSSR count). The second-order valence-corrected chi connectivity index (χ2v) is 22.0. The maximum Gasteiger partial charge on any atom is 0.268 e. The van der Waals surface area contributed by atoms with Crippen LogP contribution in [0.2, 0.25) is 0 Å². The molecule has 0 fully saturated rings. The van der Waals surface area contributed by atoms with Gasteiger partial charge in [0.1, 0.15) is 13.2 Å². The van der Waals surface area contributed by atoms with Crippen molar-refractivity contribution in [2.24, 2.45) is 0 Å². The molecule has 0 heterocycles. The fourth-order valence-electron chi connectivity index (χ4n) is 8.02. The lowest BCUT2D eigenvalue weighted by molar-refractivity contribution is -0.870. The second-order valence-electron chi connectivity index (χ2n) is 20.6. The molecule has 0 radical (unpaired) electrons. The number of amides is 1. The van der Waals surface area contributed by atoms with Crippen molar-refractivity contribution >= 4 is 13.7 Å². The van der Waals surface area contributed by atoms with E-state index in [-0.39, 0.29) is 19.1 Å². The summed E-state index contributed by atoms with van der Waals surface area (Å²) in [6, 6.07) is -0.889. The maximum atomic E-state index is 12.9. The van der Waals surface area contributed by atoms with Crippen molar-refractivity contribution in [3.05, 3.63) is 97.2 Å². The van der Waals surface area contributed by atoms with Gasteiger partial charge in [0.15, 0.2) is 0 Å². The Bertz CT molecular complexity index is 1470. The van der Waals surface area contributed by atoms with E-state index in [9.17, 15) is 19.4 Å². The molecule has 0 saturated heterocycles. The van der Waals surface area contributed by atoms with E-state index in [1.54, 1.807) is 6.08 Å². The Morgan fingerprint density at radius 3 is 1.25 bits per heavy atom. The van der Waals surface area contributed by atoms with Crippen LogP contribution in [-0.2, 0) is 18.4 Å². The smallest absolute Gasteiger partial charge is 0.268 e. The molecule has 3 unspecified atom stereocenters. The monoisotopic (exact) mass is 1010 g/mol. The number of nitrogens with one attached hydrogen (secondary N) is 1. The van der Waals surface area contributed by atoms with Crippen molar-refractivity contribution in [3.63, 3.8) is 0 Å². The van der Waals surface area contributed by atoms with Crippen LogP contribution in [0, 0.1) is 0 Å². The summed E-state index contributed by atoms with van der Waals surface area (Å²) in [4.78, 5) is 25.4. The molecule has 9 heteroatoms. The molecular weight excluding hydrogens is 900 g/mol. The molecule has 0 aromatic carbocycles. The number of aliphatic hydroxyl groups is 1. The molecule has 2 N–H and O–H groups in total. The summed E-state index contributed by atoms with van der Waals surface area (Å²) in [5, 5.41) is 13.8. The largest absolute Gasteiger partial charge is 0.756 e. The van der Waals surface area contributed by atoms with Gasteiger partial charge in [-0.3, -0.25) is 9.36 Å². The number of carbonyl (C=O) groups is 1. The quantitative estimate of drug-likeness (QED) is 0.0272. The first-order valence-corrected chi connectivity index (χ1v) is 30.6. The van der Waals surface area contributed by atoms with E-state index in [0.717, 1.165) is 83.5 Å². The summed E-state index contributed by atoms with van der Waals surface area (Å²) in [5.41, 5.74) is 0. The van der Waals surface area contributed by atoms with Crippen molar-refractivity contribution in [2.45, 2.75) is 251 Å². The molecule has 0 aliphatic carbocycles. The Balaban J connectivity index is 4.02. The van der Waals surface area contributed by atoms with Crippen LogP contribution in [0.5, 0.6) is 0 Å². The van der Waals surface area contributed by atoms with Gasteiger partial charge in [-0.05, 0) is 77.0 Å². The number of phosphoric ester groups is 1. The second kappa shape index (κ2) is 52.3. The number of allylic oxidation sites excluding steroid dienone is 15. The van der Waals surface area contributed by atoms with Gasteiger partial charge in [-0.2, -0.15) is 0 Å². The molecule has 0 aromatic heterocycles. The van der Waals surface area contributed by atoms with Gasteiger partial charge in [-0.25, -0.2) is 0 Å². The number of hydrogen-bond donors (Lipinski definition) is 2. The van der Waals surface area contributed by atoms with Crippen LogP contribution in [0.3, 0.4) is 0 Å². The van der Waals surface area contributed by atoms with Gasteiger partial charge in [0.25, 0.3) is 7.82 Å². The lowest BCUT2D eigenvalue weighted by atomic mass is 10.0. The van der Waals surface area contributed by atoms with E-state index >= 15 is 0 Å². The Hall–Kier alpha value is -2.58. The topological polar surface area (TPSA) is 108 Å². The van der Waals surface area contributed by atoms with E-state index in [0.29, 0.717) is 17.4 Å². The highest BCUT2D eigenvalue weighted by Crippen LogP contribution is 2.38. The lowest BCUT2D eigenvalue weighted by Crippen LogP contribution is -2.45. The van der Waals surface area contributed by atoms with E-state index in [1.807, 2.05) is 27.2 Å². The third-order valence-electron chi connectivity index (χ3n) is 12.5. The van der Waals surface area contributed by atoms with Crippen molar-refractivity contribution in [2.75, 3.05) is 40.9 Å². The predicted octanol–water partition coefficient (Wildman–Crippen LogP) is 17.2. The molecule has 0 aliphatic heterocycles. The van der Waals surface area contributed by atoms with Gasteiger partial charge in [-0.15, -0.1) is 0 Å². The summed E-state index contributed by atoms with van der Waals surface area (Å²) < 4.78 is 23.3. The highest BCUT2D eigenvalue weighted by atomic mass is 31.2. The first kappa shape index (κ1) is 68.4. The third kappa shape index (κ3) is 55.0. The maximum absolute atomic E-state index is 12.9. The minimum atomic E-state index is -4.59. The zero-order valence-electron chi connectivity index (χ0n) is 46.6. The normalized spacial score (nSPS) is 14.6. The summed E-state index contributed by atoms with van der Waals surface area (Å²) >= 11 is 0. The molecule has 0 bridgehead atoms. The van der Waals surface area contributed by atoms with Crippen molar-refractivity contribution in [1.29, 1.82) is 0 Å². The number of rotatable bonds is 52. The molecule has 410 valence electrons. The lowest BCUT2D eigenvalue weighted by Gasteiger charge is -2.29. The molecule has 0 aromatic rings. The zero-order valence-corrected chi connectivity index (χ0v) is 47.5. The molecule has 0 saturated carbocycles. The minimum absolute atomic E-state index is 0.00371. The molecule has 0 spiro atoms. The van der Waals surface area contributed by atoms with Crippen LogP contribution < -0.4 is 10.2 Å². The van der Waals surface area contributed by atoms with E-state index in [1.165, 1.54) is 135 Å². The molecule has 71 heavy (non-hydrogen) atoms. The van der Waals surface area contributed by atoms with Gasteiger partial charge >= 0.3 is 0 Å². The number of hydrogen-bond acceptors (Lipinski definition) is 6. The van der Waals surface area contributed by atoms with Gasteiger partial charge in [0.05, 0.1) is 39.9 Å². The number of quaternary nitrogens is 1. The Labute approximate surface area is 439 Å². The Morgan fingerprint density at radius 2 is 0.859 bits per heavy atom. The van der Waals surface area contributed by atoms with Crippen LogP contribution in [0.1, 0.15) is 239 Å². The molecule has 8 nitrogen and oxygen atoms in total. The van der Waals surface area contributed by atoms with Crippen LogP contribution in [0.15, 0.2) is 97.2 Å². The SMILES string of the molecule is CC/C=C\C/C=C\C/C=C\C/C=C\C/C=C\C/C=C\C/C=C\CCCCCCCCCCCCCCCCCC(=O)NC(COP(=O)([O-])OCC[N+](C)(C)C)C(O)/C=C/CCCCCCCCCCCC. The van der Waals surface area contributed by atoms with E-state index in [2.05, 4.69) is 104 Å². The summed E-state index contributed by atoms with van der Waals surface area (Å²) in [7, 11) is 1.26. The first-order chi connectivity index (χ1) is 34.5. The Kier molecular flexibility index (Phi) is 50.4. The minimum Gasteiger partial charge on any atom is -0.756 e. The van der Waals surface area contributed by atoms with E-state index < -0.39 is 20.0 Å². The fourth-order valence-corrected chi connectivity index (χ4v) is 8.74. The molecular formula is C62H111N2O6P. The van der Waals surface area contributed by atoms with Gasteiger partial charge in [-0.1, -0.05) is 252 Å². The van der Waals surface area contributed by atoms with Crippen molar-refractivity contribution in [1.82, 2.24) is 5.32 Å². The number of aliphatic hydroxyl groups excluding tert-OH is 1. The van der Waals surface area contributed by atoms with Crippen LogP contribution in [0.25, 0.3) is 0 Å². The van der Waals surface area contributed by atoms with Gasteiger partial charge in [0, 0.05) is 6.42 Å². The van der Waals surface area contributed by atoms with Crippen LogP contribution >= 0.6 is 7.82 Å². The van der Waals surface area contributed by atoms with E-state index in [4.69, 9.17) is 9.05 Å². The average molecular weight is 1010 g/mol. The molecule has 1 amide bonds.